The minimum atomic E-state index is -0.147. The van der Waals surface area contributed by atoms with Crippen molar-refractivity contribution in [2.45, 2.75) is 38.6 Å². The van der Waals surface area contributed by atoms with Crippen LogP contribution in [-0.2, 0) is 26.4 Å². The predicted octanol–water partition coefficient (Wildman–Crippen LogP) is 4.72. The summed E-state index contributed by atoms with van der Waals surface area (Å²) in [5.74, 6) is 7.14. The minimum Gasteiger partial charge on any atom is -0.323 e. The molecule has 35 heavy (non-hydrogen) atoms. The Hall–Kier alpha value is -3.76. The molecule has 0 saturated heterocycles. The van der Waals surface area contributed by atoms with Crippen molar-refractivity contribution in [1.82, 2.24) is 24.3 Å². The number of rotatable bonds is 5. The quantitative estimate of drug-likeness (QED) is 0.342. The second-order valence-corrected chi connectivity index (χ2v) is 10.3. The largest absolute Gasteiger partial charge is 0.323 e. The zero-order valence-electron chi connectivity index (χ0n) is 19.6. The van der Waals surface area contributed by atoms with Gasteiger partial charge in [0.05, 0.1) is 10.9 Å². The van der Waals surface area contributed by atoms with Gasteiger partial charge in [0.2, 0.25) is 0 Å². The van der Waals surface area contributed by atoms with E-state index in [1.165, 1.54) is 35.9 Å². The lowest BCUT2D eigenvalue weighted by Gasteiger charge is -2.25. The summed E-state index contributed by atoms with van der Waals surface area (Å²) in [5, 5.41) is 6.22. The van der Waals surface area contributed by atoms with Gasteiger partial charge < -0.3 is 4.57 Å². The molecule has 0 aliphatic heterocycles. The van der Waals surface area contributed by atoms with E-state index in [4.69, 9.17) is 4.98 Å². The van der Waals surface area contributed by atoms with Crippen LogP contribution in [0.25, 0.3) is 21.3 Å². The van der Waals surface area contributed by atoms with Crippen molar-refractivity contribution in [3.63, 3.8) is 0 Å². The van der Waals surface area contributed by atoms with Gasteiger partial charge in [-0.3, -0.25) is 9.78 Å². The van der Waals surface area contributed by atoms with E-state index < -0.39 is 0 Å². The average Bonchev–Trinajstić information content (AvgIpc) is 3.37. The van der Waals surface area contributed by atoms with Crippen molar-refractivity contribution in [2.24, 2.45) is 13.0 Å². The molecule has 6 rings (SSSR count). The highest BCUT2D eigenvalue weighted by atomic mass is 32.1. The number of hydrogen-bond donors (Lipinski definition) is 0. The summed E-state index contributed by atoms with van der Waals surface area (Å²) in [6.45, 7) is 0.246. The molecule has 1 fully saturated rings. The van der Waals surface area contributed by atoms with E-state index in [1.54, 1.807) is 23.7 Å². The van der Waals surface area contributed by atoms with Crippen LogP contribution in [0.3, 0.4) is 0 Å². The van der Waals surface area contributed by atoms with Crippen molar-refractivity contribution in [3.05, 3.63) is 87.0 Å². The molecule has 1 aliphatic carbocycles. The summed E-state index contributed by atoms with van der Waals surface area (Å²) in [6.07, 6.45) is 9.48. The number of nitrogens with zero attached hydrogens (tertiary/aromatic N) is 5. The van der Waals surface area contributed by atoms with Gasteiger partial charge in [-0.05, 0) is 42.2 Å². The molecule has 0 amide bonds. The van der Waals surface area contributed by atoms with E-state index in [9.17, 15) is 4.79 Å². The van der Waals surface area contributed by atoms with Gasteiger partial charge in [-0.1, -0.05) is 49.3 Å². The Morgan fingerprint density at radius 2 is 2.00 bits per heavy atom. The fourth-order valence-electron chi connectivity index (χ4n) is 4.65. The zero-order chi connectivity index (χ0) is 23.8. The van der Waals surface area contributed by atoms with Crippen LogP contribution in [0.2, 0.25) is 0 Å². The smallest absolute Gasteiger partial charge is 0.292 e. The lowest BCUT2D eigenvalue weighted by atomic mass is 9.81. The second kappa shape index (κ2) is 9.12. The maximum Gasteiger partial charge on any atom is 0.292 e. The molecule has 0 atom stereocenters. The Kier molecular flexibility index (Phi) is 5.67. The zero-order valence-corrected chi connectivity index (χ0v) is 20.4. The molecule has 5 aromatic rings. The molecule has 0 spiro atoms. The molecule has 4 heterocycles. The highest BCUT2D eigenvalue weighted by Gasteiger charge is 2.19. The van der Waals surface area contributed by atoms with Gasteiger partial charge in [-0.15, -0.1) is 11.3 Å². The summed E-state index contributed by atoms with van der Waals surface area (Å²) in [6, 6.07) is 14.4. The van der Waals surface area contributed by atoms with Crippen LogP contribution in [0, 0.1) is 17.8 Å². The van der Waals surface area contributed by atoms with Gasteiger partial charge in [-0.25, -0.2) is 9.67 Å². The van der Waals surface area contributed by atoms with Crippen LogP contribution >= 0.6 is 11.3 Å². The van der Waals surface area contributed by atoms with Crippen LogP contribution in [-0.4, -0.2) is 24.3 Å². The van der Waals surface area contributed by atoms with Gasteiger partial charge in [0.15, 0.2) is 5.65 Å². The normalized spacial score (nSPS) is 13.6. The Bertz CT molecular complexity index is 1630. The van der Waals surface area contributed by atoms with Crippen LogP contribution in [0.1, 0.15) is 41.1 Å². The van der Waals surface area contributed by atoms with Crippen molar-refractivity contribution < 1.29 is 0 Å². The van der Waals surface area contributed by atoms with Gasteiger partial charge in [-0.2, -0.15) is 5.10 Å². The van der Waals surface area contributed by atoms with Crippen LogP contribution < -0.4 is 5.56 Å². The molecule has 1 aliphatic rings. The van der Waals surface area contributed by atoms with E-state index in [1.807, 2.05) is 29.8 Å². The molecule has 1 aromatic carbocycles. The Morgan fingerprint density at radius 1 is 1.14 bits per heavy atom. The first-order valence-electron chi connectivity index (χ1n) is 12.0. The third-order valence-corrected chi connectivity index (χ3v) is 7.87. The average molecular weight is 480 g/mol. The van der Waals surface area contributed by atoms with E-state index in [2.05, 4.69) is 46.2 Å². The number of hydrogen-bond acceptors (Lipinski definition) is 5. The highest BCUT2D eigenvalue weighted by Crippen LogP contribution is 2.31. The van der Waals surface area contributed by atoms with E-state index in [0.29, 0.717) is 11.9 Å². The van der Waals surface area contributed by atoms with Gasteiger partial charge in [0, 0.05) is 36.3 Å². The number of thiazole rings is 1. The summed E-state index contributed by atoms with van der Waals surface area (Å²) in [5.41, 5.74) is 4.58. The van der Waals surface area contributed by atoms with Crippen LogP contribution in [0.5, 0.6) is 0 Å². The second-order valence-electron chi connectivity index (χ2n) is 9.19. The van der Waals surface area contributed by atoms with Gasteiger partial charge in [0.1, 0.15) is 17.1 Å². The highest BCUT2D eigenvalue weighted by molar-refractivity contribution is 7.19. The summed E-state index contributed by atoms with van der Waals surface area (Å²) < 4.78 is 4.29. The van der Waals surface area contributed by atoms with E-state index in [0.717, 1.165) is 37.9 Å². The molecule has 0 bridgehead atoms. The van der Waals surface area contributed by atoms with Crippen molar-refractivity contribution in [3.8, 4) is 11.8 Å². The molecular weight excluding hydrogens is 454 g/mol. The molecule has 174 valence electrons. The summed E-state index contributed by atoms with van der Waals surface area (Å²) >= 11 is 1.59. The topological polar surface area (TPSA) is 65.6 Å². The molecule has 1 saturated carbocycles. The first-order chi connectivity index (χ1) is 17.2. The lowest BCUT2D eigenvalue weighted by Crippen LogP contribution is -2.23. The van der Waals surface area contributed by atoms with Crippen LogP contribution in [0.4, 0.5) is 0 Å². The molecule has 0 radical (unpaired) electrons. The third-order valence-electron chi connectivity index (χ3n) is 6.79. The maximum atomic E-state index is 13.2. The summed E-state index contributed by atoms with van der Waals surface area (Å²) in [4.78, 5) is 22.4. The standard InChI is InChI=1S/C28H25N5OS/c1-32-25-23(26-27(32)31-24(35-26)17-22-9-2-3-14-29-22)18-30-33(28(25)34)15-5-8-19-10-12-21(13-11-19)16-20-6-4-7-20/h2-3,9-14,18,20H,4,6-7,15-17H2,1H3. The molecule has 6 nitrogen and oxygen atoms in total. The number of aromatic nitrogens is 5. The van der Waals surface area contributed by atoms with Crippen molar-refractivity contribution in [2.75, 3.05) is 0 Å². The number of fused-ring (bicyclic) bond motifs is 3. The predicted molar refractivity (Wildman–Crippen MR) is 140 cm³/mol. The molecule has 0 N–H and O–H groups in total. The van der Waals surface area contributed by atoms with Gasteiger partial charge in [0.25, 0.3) is 5.56 Å². The Morgan fingerprint density at radius 3 is 2.74 bits per heavy atom. The van der Waals surface area contributed by atoms with Crippen molar-refractivity contribution >= 4 is 32.6 Å². The fourth-order valence-corrected chi connectivity index (χ4v) is 5.77. The Balaban J connectivity index is 1.22. The maximum absolute atomic E-state index is 13.2. The van der Waals surface area contributed by atoms with Crippen LogP contribution in [0.15, 0.2) is 59.7 Å². The van der Waals surface area contributed by atoms with Crippen molar-refractivity contribution in [1.29, 1.82) is 0 Å². The summed E-state index contributed by atoms with van der Waals surface area (Å²) in [7, 11) is 1.89. The molecule has 4 aromatic heterocycles. The first kappa shape index (κ1) is 21.8. The number of benzene rings is 1. The number of pyridine rings is 1. The fraction of sp³-hybridized carbons (Fsp3) is 0.286. The van der Waals surface area contributed by atoms with E-state index in [-0.39, 0.29) is 12.1 Å². The van der Waals surface area contributed by atoms with E-state index >= 15 is 0 Å². The third kappa shape index (κ3) is 4.26. The monoisotopic (exact) mass is 479 g/mol. The number of aryl methyl sites for hydroxylation is 1. The molecule has 7 heteroatoms. The minimum absolute atomic E-state index is 0.147. The molecule has 0 unspecified atom stereocenters. The molecular formula is C28H25N5OS. The Labute approximate surface area is 207 Å². The van der Waals surface area contributed by atoms with Gasteiger partial charge >= 0.3 is 0 Å². The SMILES string of the molecule is Cn1c2nc(Cc3ccccn3)sc2c2cnn(CC#Cc3ccc(CC4CCC4)cc3)c(=O)c21. The lowest BCUT2D eigenvalue weighted by molar-refractivity contribution is 0.314. The first-order valence-corrected chi connectivity index (χ1v) is 12.8.